The third kappa shape index (κ3) is 17.5. The van der Waals surface area contributed by atoms with Gasteiger partial charge in [-0.25, -0.2) is 28.7 Å². The zero-order valence-corrected chi connectivity index (χ0v) is 45.6. The minimum atomic E-state index is -4.84. The van der Waals surface area contributed by atoms with Gasteiger partial charge in [-0.1, -0.05) is 19.1 Å². The van der Waals surface area contributed by atoms with Crippen LogP contribution in [0.4, 0.5) is 35.8 Å². The van der Waals surface area contributed by atoms with Gasteiger partial charge in [-0.15, -0.1) is 0 Å². The first-order chi connectivity index (χ1) is 36.7. The van der Waals surface area contributed by atoms with Gasteiger partial charge in [0.05, 0.1) is 38.6 Å². The van der Waals surface area contributed by atoms with Gasteiger partial charge in [0.1, 0.15) is 23.8 Å². The molecule has 0 aliphatic rings. The molecule has 4 aromatic heterocycles. The van der Waals surface area contributed by atoms with E-state index in [-0.39, 0.29) is 46.9 Å². The van der Waals surface area contributed by atoms with Gasteiger partial charge in [-0.05, 0) is 93.7 Å². The molecule has 0 radical (unpaired) electrons. The lowest BCUT2D eigenvalue weighted by atomic mass is 10.1. The number of rotatable bonds is 18. The number of nitrogens with one attached hydrogen (secondary N) is 4. The summed E-state index contributed by atoms with van der Waals surface area (Å²) < 4.78 is 93.2. The predicted molar refractivity (Wildman–Crippen MR) is 279 cm³/mol. The number of ether oxygens (including phenoxy) is 5. The van der Waals surface area contributed by atoms with Gasteiger partial charge in [-0.3, -0.25) is 19.5 Å². The van der Waals surface area contributed by atoms with E-state index in [4.69, 9.17) is 35.3 Å². The van der Waals surface area contributed by atoms with Crippen molar-refractivity contribution in [1.29, 1.82) is 0 Å². The van der Waals surface area contributed by atoms with Crippen LogP contribution in [-0.4, -0.2) is 124 Å². The molecule has 0 aliphatic heterocycles. The monoisotopic (exact) mass is 1130 g/mol. The number of aryl methyl sites for hydroxylation is 1. The molecule has 78 heavy (non-hydrogen) atoms. The summed E-state index contributed by atoms with van der Waals surface area (Å²) in [5.41, 5.74) is -1.99. The summed E-state index contributed by atoms with van der Waals surface area (Å²) in [5, 5.41) is 7.79. The number of anilines is 3. The lowest BCUT2D eigenvalue weighted by molar-refractivity contribution is -0.148. The first-order valence-corrected chi connectivity index (χ1v) is 25.0. The zero-order chi connectivity index (χ0) is 58.1. The van der Waals surface area contributed by atoms with Crippen LogP contribution < -0.4 is 50.9 Å². The number of esters is 1. The highest BCUT2D eigenvalue weighted by Crippen LogP contribution is 2.28. The van der Waals surface area contributed by atoms with E-state index in [1.54, 1.807) is 11.6 Å². The Morgan fingerprint density at radius 3 is 2.05 bits per heavy atom. The number of carbonyl (C=O) groups is 3. The number of methoxy groups -OCH3 is 3. The SMILES string of the molecule is CCNc1nc(Cl)nc(NC(C)C)n1.CCc1ccc(COc2ccc(-n3c(=O)cc(C(F)(F)F)n(C)c3=O)cc2)c(OC(C)C(=O)OC)c1.COc1cc(OC)nc(NC(=O)NS(=O)(=O)c2ncccc2C(=O)N(C)C)n1. The van der Waals surface area contributed by atoms with Crippen molar-refractivity contribution in [3.63, 3.8) is 0 Å². The van der Waals surface area contributed by atoms with Crippen LogP contribution in [0, 0.1) is 0 Å². The number of pyridine rings is 1. The van der Waals surface area contributed by atoms with E-state index < -0.39 is 62.2 Å². The Hall–Kier alpha value is -8.60. The highest BCUT2D eigenvalue weighted by Gasteiger charge is 2.35. The maximum atomic E-state index is 13.1. The van der Waals surface area contributed by atoms with Gasteiger partial charge < -0.3 is 39.2 Å². The molecule has 4 N–H and O–H groups in total. The maximum Gasteiger partial charge on any atom is 0.431 e. The van der Waals surface area contributed by atoms with Crippen molar-refractivity contribution < 1.29 is 59.7 Å². The fourth-order valence-electron chi connectivity index (χ4n) is 6.33. The largest absolute Gasteiger partial charge is 0.489 e. The second kappa shape index (κ2) is 28.0. The van der Waals surface area contributed by atoms with Crippen LogP contribution in [0.25, 0.3) is 5.69 Å². The number of nitrogens with zero attached hydrogens (tertiary/aromatic N) is 9. The van der Waals surface area contributed by atoms with Gasteiger partial charge in [0.25, 0.3) is 21.5 Å². The van der Waals surface area contributed by atoms with Crippen molar-refractivity contribution in [1.82, 2.24) is 48.7 Å². The van der Waals surface area contributed by atoms with Crippen molar-refractivity contribution >= 4 is 57.4 Å². The summed E-state index contributed by atoms with van der Waals surface area (Å²) in [5.74, 6) is 0.646. The molecule has 2 aromatic carbocycles. The number of hydrogen-bond acceptors (Lipinski definition) is 20. The summed E-state index contributed by atoms with van der Waals surface area (Å²) >= 11 is 5.73. The number of hydrogen-bond donors (Lipinski definition) is 4. The summed E-state index contributed by atoms with van der Waals surface area (Å²) in [7, 11) is 3.37. The highest BCUT2D eigenvalue weighted by molar-refractivity contribution is 7.90. The van der Waals surface area contributed by atoms with E-state index in [9.17, 15) is 45.6 Å². The molecule has 1 atom stereocenters. The summed E-state index contributed by atoms with van der Waals surface area (Å²) in [6.45, 7) is 10.4. The smallest absolute Gasteiger partial charge is 0.431 e. The molecule has 3 amide bonds. The van der Waals surface area contributed by atoms with Crippen LogP contribution in [-0.2, 0) is 45.8 Å². The van der Waals surface area contributed by atoms with Crippen LogP contribution in [0.5, 0.6) is 23.3 Å². The number of benzene rings is 2. The van der Waals surface area contributed by atoms with Crippen LogP contribution in [0.1, 0.15) is 61.8 Å². The fourth-order valence-corrected chi connectivity index (χ4v) is 7.52. The molecule has 1 unspecified atom stereocenters. The van der Waals surface area contributed by atoms with Crippen LogP contribution >= 0.6 is 11.6 Å². The minimum Gasteiger partial charge on any atom is -0.489 e. The van der Waals surface area contributed by atoms with E-state index in [0.29, 0.717) is 44.2 Å². The molecular weight excluding hydrogens is 1080 g/mol. The number of carbonyl (C=O) groups excluding carboxylic acids is 3. The zero-order valence-electron chi connectivity index (χ0n) is 44.0. The Balaban J connectivity index is 0.000000276. The van der Waals surface area contributed by atoms with Crippen molar-refractivity contribution in [3.05, 3.63) is 121 Å². The van der Waals surface area contributed by atoms with E-state index in [1.165, 1.54) is 89.0 Å². The molecule has 6 rings (SSSR count). The number of sulfonamides is 1. The molecule has 0 bridgehead atoms. The van der Waals surface area contributed by atoms with Gasteiger partial charge in [-0.2, -0.15) is 46.5 Å². The number of halogens is 4. The van der Waals surface area contributed by atoms with Crippen molar-refractivity contribution in [3.8, 4) is 28.9 Å². The molecule has 0 saturated heterocycles. The predicted octanol–water partition coefficient (Wildman–Crippen LogP) is 5.51. The Labute approximate surface area is 450 Å². The molecule has 0 saturated carbocycles. The third-order valence-corrected chi connectivity index (χ3v) is 11.5. The maximum absolute atomic E-state index is 13.1. The molecule has 30 heteroatoms. The molecule has 4 heterocycles. The van der Waals surface area contributed by atoms with Crippen molar-refractivity contribution in [2.24, 2.45) is 7.05 Å². The summed E-state index contributed by atoms with van der Waals surface area (Å²) in [6.07, 6.45) is -3.72. The molecule has 0 spiro atoms. The van der Waals surface area contributed by atoms with E-state index in [2.05, 4.69) is 45.9 Å². The van der Waals surface area contributed by atoms with Crippen LogP contribution in [0.15, 0.2) is 87.5 Å². The topological polar surface area (TPSA) is 304 Å². The van der Waals surface area contributed by atoms with Gasteiger partial charge in [0, 0.05) is 51.6 Å². The average molecular weight is 1130 g/mol. The Morgan fingerprint density at radius 2 is 1.49 bits per heavy atom. The number of urea groups is 1. The number of alkyl halides is 3. The molecule has 0 fully saturated rings. The lowest BCUT2D eigenvalue weighted by Gasteiger charge is -2.17. The van der Waals surface area contributed by atoms with Crippen LogP contribution in [0.2, 0.25) is 5.28 Å². The third-order valence-electron chi connectivity index (χ3n) is 10.0. The first-order valence-electron chi connectivity index (χ1n) is 23.1. The minimum absolute atomic E-state index is 0.0779. The summed E-state index contributed by atoms with van der Waals surface area (Å²) in [6, 6.07) is 14.8. The normalized spacial score (nSPS) is 11.3. The van der Waals surface area contributed by atoms with E-state index in [0.717, 1.165) is 25.6 Å². The summed E-state index contributed by atoms with van der Waals surface area (Å²) in [4.78, 5) is 85.4. The quantitative estimate of drug-likeness (QED) is 0.0771. The molecule has 0 aliphatic carbocycles. The first kappa shape index (κ1) is 61.9. The van der Waals surface area contributed by atoms with Crippen LogP contribution in [0.3, 0.4) is 0 Å². The molecule has 25 nitrogen and oxygen atoms in total. The Kier molecular flexibility index (Phi) is 22.2. The number of amides is 3. The second-order valence-corrected chi connectivity index (χ2v) is 18.3. The van der Waals surface area contributed by atoms with Crippen molar-refractivity contribution in [2.45, 2.75) is 71.0 Å². The molecular formula is C48H57ClF3N13O12S. The Morgan fingerprint density at radius 1 is 0.846 bits per heavy atom. The highest BCUT2D eigenvalue weighted by atomic mass is 35.5. The number of aromatic nitrogens is 8. The van der Waals surface area contributed by atoms with E-state index in [1.807, 2.05) is 45.9 Å². The standard InChI is InChI=1S/C25H25F3N2O6.C15H18N6O6S.C8H14ClN5/c1-5-16-6-7-17(20(12-16)36-15(2)23(32)34-4)14-35-19-10-8-18(9-11-19)30-22(31)13-21(25(26,27)28)29(3)24(30)33;1-21(2)13(22)9-6-5-7-16-12(9)28(24,25)20-15(23)19-14-17-10(26-3)8-11(18-14)27-4;1-4-10-7-12-6(9)13-8(14-7)11-5(2)3/h6-13,15H,5,14H2,1-4H3;5-8H,1-4H3,(H2,17,18,19,20,23);5H,4H2,1-3H3,(H2,10,11,12,13,14). The van der Waals surface area contributed by atoms with Gasteiger partial charge >= 0.3 is 23.9 Å². The lowest BCUT2D eigenvalue weighted by Crippen LogP contribution is -2.40. The van der Waals surface area contributed by atoms with Crippen molar-refractivity contribution in [2.75, 3.05) is 57.9 Å². The fraction of sp³-hybridized carbons (Fsp3) is 0.354. The second-order valence-electron chi connectivity index (χ2n) is 16.4. The molecule has 6 aromatic rings. The Bertz CT molecular complexity index is 3270. The van der Waals surface area contributed by atoms with Gasteiger partial charge in [0.2, 0.25) is 34.9 Å². The van der Waals surface area contributed by atoms with E-state index >= 15 is 0 Å². The molecule has 420 valence electrons. The average Bonchev–Trinajstić information content (AvgIpc) is 3.43. The van der Waals surface area contributed by atoms with Gasteiger partial charge in [0.15, 0.2) is 11.1 Å².